The van der Waals surface area contributed by atoms with Crippen LogP contribution < -0.4 is 5.32 Å². The molecule has 1 amide bonds. The largest absolute Gasteiger partial charge is 0.460 e. The number of carbonyl (C=O) groups is 1. The first kappa shape index (κ1) is 32.3. The van der Waals surface area contributed by atoms with Crippen molar-refractivity contribution >= 4 is 11.6 Å². The van der Waals surface area contributed by atoms with Crippen LogP contribution in [0.1, 0.15) is 0 Å². The van der Waals surface area contributed by atoms with E-state index in [0.29, 0.717) is 0 Å². The van der Waals surface area contributed by atoms with Crippen molar-refractivity contribution in [2.75, 3.05) is 5.32 Å². The Balaban J connectivity index is 3.62. The summed E-state index contributed by atoms with van der Waals surface area (Å²) in [6.07, 6.45) is -7.92. The van der Waals surface area contributed by atoms with Gasteiger partial charge < -0.3 is 5.32 Å². The Labute approximate surface area is 188 Å². The minimum atomic E-state index is -8.92. The van der Waals surface area contributed by atoms with E-state index in [4.69, 9.17) is 0 Å². The Morgan fingerprint density at radius 1 is 0.514 bits per heavy atom. The first-order valence-electron chi connectivity index (χ1n) is 8.14. The number of alkyl halides is 17. The molecule has 0 atom stereocenters. The zero-order valence-electron chi connectivity index (χ0n) is 16.1. The van der Waals surface area contributed by atoms with Gasteiger partial charge in [-0.3, -0.25) is 4.79 Å². The third-order valence-corrected chi connectivity index (χ3v) is 4.29. The third kappa shape index (κ3) is 4.28. The number of nitrogens with one attached hydrogen (secondary N) is 1. The van der Waals surface area contributed by atoms with Crippen molar-refractivity contribution in [2.24, 2.45) is 0 Å². The molecule has 0 aliphatic heterocycles. The lowest BCUT2D eigenvalue weighted by atomic mass is 9.89. The van der Waals surface area contributed by atoms with Gasteiger partial charge in [0.15, 0.2) is 17.5 Å². The second-order valence-corrected chi connectivity index (χ2v) is 6.70. The fourth-order valence-corrected chi connectivity index (χ4v) is 2.13. The average Bonchev–Trinajstić information content (AvgIpc) is 2.72. The van der Waals surface area contributed by atoms with Gasteiger partial charge in [0.25, 0.3) is 0 Å². The highest BCUT2D eigenvalue weighted by molar-refractivity contribution is 5.97. The fourth-order valence-electron chi connectivity index (χ4n) is 2.13. The molecule has 1 N–H and O–H groups in total. The van der Waals surface area contributed by atoms with Gasteiger partial charge in [-0.25, -0.2) is 13.2 Å². The van der Waals surface area contributed by atoms with Crippen LogP contribution in [0.2, 0.25) is 0 Å². The van der Waals surface area contributed by atoms with Gasteiger partial charge in [0.2, 0.25) is 0 Å². The summed E-state index contributed by atoms with van der Waals surface area (Å²) in [6.45, 7) is 0. The minimum absolute atomic E-state index is 0.128. The van der Waals surface area contributed by atoms with Gasteiger partial charge in [0.1, 0.15) is 0 Å². The van der Waals surface area contributed by atoms with Gasteiger partial charge >= 0.3 is 53.5 Å². The molecule has 0 spiro atoms. The van der Waals surface area contributed by atoms with Crippen molar-refractivity contribution in [1.82, 2.24) is 0 Å². The summed E-state index contributed by atoms with van der Waals surface area (Å²) in [5.74, 6) is -71.2. The molecule has 0 radical (unpaired) electrons. The molecular formula is C15H3F20NO. The van der Waals surface area contributed by atoms with Gasteiger partial charge in [-0.15, -0.1) is 0 Å². The van der Waals surface area contributed by atoms with Crippen molar-refractivity contribution in [2.45, 2.75) is 47.6 Å². The molecule has 1 aromatic carbocycles. The maximum atomic E-state index is 13.7. The highest BCUT2D eigenvalue weighted by Gasteiger charge is 2.95. The second kappa shape index (κ2) is 8.67. The van der Waals surface area contributed by atoms with Gasteiger partial charge in [-0.1, -0.05) is 0 Å². The molecule has 22 heteroatoms. The van der Waals surface area contributed by atoms with Crippen LogP contribution in [0, 0.1) is 17.5 Å². The smallest absolute Gasteiger partial charge is 0.318 e. The van der Waals surface area contributed by atoms with Crippen molar-refractivity contribution in [3.8, 4) is 0 Å². The molecule has 0 saturated carbocycles. The zero-order valence-corrected chi connectivity index (χ0v) is 16.1. The summed E-state index contributed by atoms with van der Waals surface area (Å²) in [5.41, 5.74) is -2.10. The molecule has 37 heavy (non-hydrogen) atoms. The SMILES string of the molecule is O=C(Nc1ccc(F)c(F)c1F)C(F)(F)C(F)(F)C(F)(F)C(F)(F)C(F)(F)C(F)(F)C(F)(F)C(F)(F)F. The number of halogens is 20. The lowest BCUT2D eigenvalue weighted by molar-refractivity contribution is -0.459. The summed E-state index contributed by atoms with van der Waals surface area (Å²) < 4.78 is 262. The predicted molar refractivity (Wildman–Crippen MR) is 75.6 cm³/mol. The standard InChI is InChI=1S/C15H3F20NO/c16-3-1-2-4(6(18)5(3)17)36-7(37)8(19,20)9(21,22)10(23,24)11(25,26)12(27,28)13(29,30)14(31,32)15(33,34)35/h1-2H,(H,36,37). The molecule has 0 aliphatic rings. The third-order valence-electron chi connectivity index (χ3n) is 4.29. The Kier molecular flexibility index (Phi) is 7.57. The first-order valence-corrected chi connectivity index (χ1v) is 8.14. The highest BCUT2D eigenvalue weighted by atomic mass is 19.4. The van der Waals surface area contributed by atoms with Crippen LogP contribution in [0.4, 0.5) is 93.5 Å². The van der Waals surface area contributed by atoms with Crippen LogP contribution >= 0.6 is 0 Å². The molecular weight excluding hydrogens is 590 g/mol. The molecule has 1 rings (SSSR count). The van der Waals surface area contributed by atoms with E-state index in [2.05, 4.69) is 0 Å². The highest BCUT2D eigenvalue weighted by Crippen LogP contribution is 2.64. The van der Waals surface area contributed by atoms with Crippen molar-refractivity contribution < 1.29 is 92.6 Å². The van der Waals surface area contributed by atoms with E-state index < -0.39 is 76.7 Å². The van der Waals surface area contributed by atoms with Crippen molar-refractivity contribution in [3.05, 3.63) is 29.6 Å². The molecule has 2 nitrogen and oxygen atoms in total. The molecule has 0 saturated heterocycles. The number of benzene rings is 1. The Morgan fingerprint density at radius 2 is 0.865 bits per heavy atom. The van der Waals surface area contributed by atoms with Gasteiger partial charge in [-0.2, -0.15) is 74.6 Å². The van der Waals surface area contributed by atoms with Crippen LogP contribution in [0.3, 0.4) is 0 Å². The van der Waals surface area contributed by atoms with E-state index in [9.17, 15) is 92.6 Å². The molecule has 214 valence electrons. The fraction of sp³-hybridized carbons (Fsp3) is 0.533. The van der Waals surface area contributed by atoms with E-state index in [-0.39, 0.29) is 17.4 Å². The molecule has 0 aliphatic carbocycles. The number of amides is 1. The van der Waals surface area contributed by atoms with E-state index in [0.717, 1.165) is 0 Å². The Hall–Kier alpha value is -2.71. The Bertz CT molecular complexity index is 1040. The number of hydrogen-bond acceptors (Lipinski definition) is 1. The van der Waals surface area contributed by atoms with Gasteiger partial charge in [-0.05, 0) is 12.1 Å². The summed E-state index contributed by atoms with van der Waals surface area (Å²) >= 11 is 0. The topological polar surface area (TPSA) is 29.1 Å². The first-order chi connectivity index (χ1) is 16.0. The number of rotatable bonds is 8. The molecule has 0 unspecified atom stereocenters. The van der Waals surface area contributed by atoms with Gasteiger partial charge in [0, 0.05) is 0 Å². The zero-order chi connectivity index (χ0) is 30.0. The number of carbonyl (C=O) groups excluding carboxylic acids is 1. The maximum absolute atomic E-state index is 13.7. The van der Waals surface area contributed by atoms with E-state index in [1.807, 2.05) is 0 Å². The lowest BCUT2D eigenvalue weighted by Crippen LogP contribution is -2.75. The monoisotopic (exact) mass is 593 g/mol. The summed E-state index contributed by atoms with van der Waals surface area (Å²) in [4.78, 5) is 11.2. The second-order valence-electron chi connectivity index (χ2n) is 6.70. The van der Waals surface area contributed by atoms with Gasteiger partial charge in [0.05, 0.1) is 5.69 Å². The number of anilines is 1. The molecule has 1 aromatic rings. The summed E-state index contributed by atoms with van der Waals surface area (Å²) in [7, 11) is 0. The van der Waals surface area contributed by atoms with E-state index in [1.165, 1.54) is 0 Å². The van der Waals surface area contributed by atoms with E-state index >= 15 is 0 Å². The quantitative estimate of drug-likeness (QED) is 0.254. The average molecular weight is 593 g/mol. The number of hydrogen-bond donors (Lipinski definition) is 1. The molecule has 0 fully saturated rings. The molecule has 0 aromatic heterocycles. The summed E-state index contributed by atoms with van der Waals surface area (Å²) in [5, 5.41) is 0.128. The van der Waals surface area contributed by atoms with Crippen LogP contribution in [0.5, 0.6) is 0 Å². The van der Waals surface area contributed by atoms with Crippen molar-refractivity contribution in [3.63, 3.8) is 0 Å². The Morgan fingerprint density at radius 3 is 1.24 bits per heavy atom. The maximum Gasteiger partial charge on any atom is 0.460 e. The van der Waals surface area contributed by atoms with Crippen LogP contribution in [0.25, 0.3) is 0 Å². The van der Waals surface area contributed by atoms with Crippen LogP contribution in [-0.2, 0) is 4.79 Å². The van der Waals surface area contributed by atoms with Crippen molar-refractivity contribution in [1.29, 1.82) is 0 Å². The summed E-state index contributed by atoms with van der Waals surface area (Å²) in [6, 6.07) is -0.489. The normalized spacial score (nSPS) is 15.1. The molecule has 0 bridgehead atoms. The molecule has 0 heterocycles. The van der Waals surface area contributed by atoms with E-state index in [1.54, 1.807) is 0 Å². The minimum Gasteiger partial charge on any atom is -0.318 e. The van der Waals surface area contributed by atoms with Crippen LogP contribution in [-0.4, -0.2) is 53.5 Å². The predicted octanol–water partition coefficient (Wildman–Crippen LogP) is 7.05. The van der Waals surface area contributed by atoms with Crippen LogP contribution in [0.15, 0.2) is 12.1 Å². The lowest BCUT2D eigenvalue weighted by Gasteiger charge is -2.42.